The van der Waals surface area contributed by atoms with Crippen LogP contribution in [0, 0.1) is 19.8 Å². The Balaban J connectivity index is 2.61. The van der Waals surface area contributed by atoms with Crippen LogP contribution in [-0.4, -0.2) is 30.4 Å². The molecule has 112 valence electrons. The van der Waals surface area contributed by atoms with Crippen LogP contribution in [0.4, 0.5) is 0 Å². The number of aromatic nitrogens is 4. The van der Waals surface area contributed by atoms with Crippen LogP contribution < -0.4 is 5.56 Å². The zero-order valence-electron chi connectivity index (χ0n) is 12.5. The van der Waals surface area contributed by atoms with Gasteiger partial charge in [0.2, 0.25) is 5.82 Å². The summed E-state index contributed by atoms with van der Waals surface area (Å²) in [5, 5.41) is 13.3. The van der Waals surface area contributed by atoms with E-state index in [9.17, 15) is 14.7 Å². The Kier molecular flexibility index (Phi) is 3.93. The second kappa shape index (κ2) is 5.51. The third kappa shape index (κ3) is 2.72. The second-order valence-electron chi connectivity index (χ2n) is 5.36. The van der Waals surface area contributed by atoms with Crippen LogP contribution >= 0.6 is 0 Å². The van der Waals surface area contributed by atoms with E-state index in [1.807, 2.05) is 13.8 Å². The maximum absolute atomic E-state index is 12.4. The Labute approximate surface area is 121 Å². The highest BCUT2D eigenvalue weighted by Gasteiger charge is 2.21. The maximum atomic E-state index is 12.4. The van der Waals surface area contributed by atoms with Crippen molar-refractivity contribution in [1.82, 2.24) is 19.3 Å². The van der Waals surface area contributed by atoms with Crippen molar-refractivity contribution < 1.29 is 9.90 Å². The van der Waals surface area contributed by atoms with Crippen molar-refractivity contribution >= 4 is 5.97 Å². The topological polar surface area (TPSA) is 90.0 Å². The lowest BCUT2D eigenvalue weighted by molar-refractivity contribution is 0.0695. The average Bonchev–Trinajstić information content (AvgIpc) is 2.67. The zero-order chi connectivity index (χ0) is 15.7. The van der Waals surface area contributed by atoms with Crippen molar-refractivity contribution in [2.75, 3.05) is 0 Å². The van der Waals surface area contributed by atoms with Crippen molar-refractivity contribution in [1.29, 1.82) is 0 Å². The van der Waals surface area contributed by atoms with Gasteiger partial charge < -0.3 is 9.67 Å². The van der Waals surface area contributed by atoms with E-state index < -0.39 is 5.97 Å². The predicted molar refractivity (Wildman–Crippen MR) is 76.9 cm³/mol. The molecular weight excluding hydrogens is 272 g/mol. The van der Waals surface area contributed by atoms with Gasteiger partial charge in [-0.15, -0.1) is 0 Å². The van der Waals surface area contributed by atoms with E-state index in [2.05, 4.69) is 10.1 Å². The second-order valence-corrected chi connectivity index (χ2v) is 5.36. The summed E-state index contributed by atoms with van der Waals surface area (Å²) in [4.78, 5) is 27.7. The Bertz CT molecular complexity index is 743. The first-order valence-corrected chi connectivity index (χ1v) is 6.68. The molecule has 0 aliphatic carbocycles. The number of nitrogens with zero attached hydrogens (tertiary/aromatic N) is 4. The van der Waals surface area contributed by atoms with Crippen molar-refractivity contribution in [3.63, 3.8) is 0 Å². The molecule has 0 unspecified atom stereocenters. The number of rotatable bonds is 4. The summed E-state index contributed by atoms with van der Waals surface area (Å²) in [6, 6.07) is 0. The molecule has 0 saturated heterocycles. The zero-order valence-corrected chi connectivity index (χ0v) is 12.5. The van der Waals surface area contributed by atoms with Crippen molar-refractivity contribution in [2.24, 2.45) is 5.92 Å². The number of carbonyl (C=O) groups is 1. The van der Waals surface area contributed by atoms with Crippen LogP contribution in [0.1, 0.15) is 35.6 Å². The van der Waals surface area contributed by atoms with Gasteiger partial charge in [-0.05, 0) is 19.8 Å². The van der Waals surface area contributed by atoms with Gasteiger partial charge in [0.25, 0.3) is 5.56 Å². The predicted octanol–water partition coefficient (Wildman–Crippen LogP) is 1.40. The minimum atomic E-state index is -1.06. The lowest BCUT2D eigenvalue weighted by Gasteiger charge is -2.10. The van der Waals surface area contributed by atoms with Crippen molar-refractivity contribution in [3.8, 4) is 5.82 Å². The third-order valence-corrected chi connectivity index (χ3v) is 3.16. The Morgan fingerprint density at radius 2 is 2.05 bits per heavy atom. The Morgan fingerprint density at radius 1 is 1.38 bits per heavy atom. The molecule has 0 aliphatic heterocycles. The van der Waals surface area contributed by atoms with Crippen molar-refractivity contribution in [3.05, 3.63) is 39.7 Å². The Morgan fingerprint density at radius 3 is 2.57 bits per heavy atom. The van der Waals surface area contributed by atoms with Crippen LogP contribution in [-0.2, 0) is 6.54 Å². The highest BCUT2D eigenvalue weighted by Crippen LogP contribution is 2.15. The summed E-state index contributed by atoms with van der Waals surface area (Å²) in [5.41, 5.74) is 0.580. The normalized spacial score (nSPS) is 11.1. The minimum absolute atomic E-state index is 0.107. The molecule has 0 fully saturated rings. The molecule has 7 nitrogen and oxygen atoms in total. The fourth-order valence-corrected chi connectivity index (χ4v) is 2.28. The van der Waals surface area contributed by atoms with Crippen LogP contribution in [0.2, 0.25) is 0 Å². The molecule has 0 radical (unpaired) electrons. The van der Waals surface area contributed by atoms with E-state index >= 15 is 0 Å². The maximum Gasteiger partial charge on any atom is 0.339 e. The molecule has 0 atom stereocenters. The summed E-state index contributed by atoms with van der Waals surface area (Å²) >= 11 is 0. The van der Waals surface area contributed by atoms with Crippen LogP contribution in [0.3, 0.4) is 0 Å². The summed E-state index contributed by atoms with van der Waals surface area (Å²) in [6.45, 7) is 7.81. The van der Waals surface area contributed by atoms with Crippen LogP contribution in [0.15, 0.2) is 17.2 Å². The largest absolute Gasteiger partial charge is 0.478 e. The van der Waals surface area contributed by atoms with Gasteiger partial charge in [-0.1, -0.05) is 13.8 Å². The third-order valence-electron chi connectivity index (χ3n) is 3.16. The van der Waals surface area contributed by atoms with Gasteiger partial charge in [0.05, 0.1) is 11.4 Å². The van der Waals surface area contributed by atoms with Gasteiger partial charge >= 0.3 is 5.97 Å². The SMILES string of the molecule is Cc1nn(-c2nccn(CC(C)C)c2=O)c(C)c1C(=O)O. The summed E-state index contributed by atoms with van der Waals surface area (Å²) in [5.74, 6) is -0.631. The molecular formula is C14H18N4O3. The highest BCUT2D eigenvalue weighted by molar-refractivity contribution is 5.90. The molecule has 0 spiro atoms. The fourth-order valence-electron chi connectivity index (χ4n) is 2.28. The number of carboxylic acid groups (broad SMARTS) is 1. The first kappa shape index (κ1) is 15.0. The van der Waals surface area contributed by atoms with Gasteiger partial charge in [0, 0.05) is 18.9 Å². The lowest BCUT2D eigenvalue weighted by atomic mass is 10.2. The summed E-state index contributed by atoms with van der Waals surface area (Å²) in [7, 11) is 0. The Hall–Kier alpha value is -2.44. The van der Waals surface area contributed by atoms with E-state index in [0.717, 1.165) is 0 Å². The molecule has 0 bridgehead atoms. The molecule has 0 amide bonds. The molecule has 21 heavy (non-hydrogen) atoms. The van der Waals surface area contributed by atoms with E-state index in [0.29, 0.717) is 23.9 Å². The van der Waals surface area contributed by atoms with Crippen LogP contribution in [0.25, 0.3) is 5.82 Å². The lowest BCUT2D eigenvalue weighted by Crippen LogP contribution is -2.27. The van der Waals surface area contributed by atoms with Gasteiger partial charge in [0.1, 0.15) is 5.56 Å². The van der Waals surface area contributed by atoms with Crippen LogP contribution in [0.5, 0.6) is 0 Å². The van der Waals surface area contributed by atoms with Gasteiger partial charge in [0.15, 0.2) is 0 Å². The molecule has 2 aromatic heterocycles. The summed E-state index contributed by atoms with van der Waals surface area (Å²) in [6.07, 6.45) is 3.14. The molecule has 0 aromatic carbocycles. The molecule has 2 rings (SSSR count). The average molecular weight is 290 g/mol. The van der Waals surface area contributed by atoms with Crippen molar-refractivity contribution in [2.45, 2.75) is 34.2 Å². The smallest absolute Gasteiger partial charge is 0.339 e. The number of aryl methyl sites for hydroxylation is 1. The van der Waals surface area contributed by atoms with E-state index in [1.54, 1.807) is 24.6 Å². The highest BCUT2D eigenvalue weighted by atomic mass is 16.4. The van der Waals surface area contributed by atoms with E-state index in [4.69, 9.17) is 0 Å². The van der Waals surface area contributed by atoms with Gasteiger partial charge in [-0.2, -0.15) is 5.10 Å². The molecule has 2 aromatic rings. The number of hydrogen-bond acceptors (Lipinski definition) is 4. The van der Waals surface area contributed by atoms with E-state index in [1.165, 1.54) is 10.9 Å². The summed E-state index contributed by atoms with van der Waals surface area (Å²) < 4.78 is 2.86. The van der Waals surface area contributed by atoms with Gasteiger partial charge in [-0.3, -0.25) is 4.79 Å². The van der Waals surface area contributed by atoms with Gasteiger partial charge in [-0.25, -0.2) is 14.5 Å². The van der Waals surface area contributed by atoms with E-state index in [-0.39, 0.29) is 16.9 Å². The molecule has 7 heteroatoms. The minimum Gasteiger partial charge on any atom is -0.478 e. The fraction of sp³-hybridized carbons (Fsp3) is 0.429. The quantitative estimate of drug-likeness (QED) is 0.919. The molecule has 1 N–H and O–H groups in total. The molecule has 2 heterocycles. The number of carboxylic acids is 1. The first-order chi connectivity index (χ1) is 9.82. The first-order valence-electron chi connectivity index (χ1n) is 6.68. The monoisotopic (exact) mass is 290 g/mol. The molecule has 0 aliphatic rings. The molecule has 0 saturated carbocycles. The number of hydrogen-bond donors (Lipinski definition) is 1. The standard InChI is InChI=1S/C14H18N4O3/c1-8(2)7-17-6-5-15-12(13(17)19)18-10(4)11(14(20)21)9(3)16-18/h5-6,8H,7H2,1-4H3,(H,20,21). The number of aromatic carboxylic acids is 1.